The predicted octanol–water partition coefficient (Wildman–Crippen LogP) is 1.43. The van der Waals surface area contributed by atoms with E-state index in [1.807, 2.05) is 11.7 Å². The van der Waals surface area contributed by atoms with Crippen molar-refractivity contribution in [2.24, 2.45) is 12.8 Å². The van der Waals surface area contributed by atoms with Gasteiger partial charge in [-0.2, -0.15) is 5.10 Å². The second kappa shape index (κ2) is 5.19. The minimum atomic E-state index is 0.540. The molecule has 4 nitrogen and oxygen atoms in total. The number of likely N-dealkylation sites (tertiary alicyclic amines) is 1. The third-order valence-electron chi connectivity index (χ3n) is 3.93. The Hall–Kier alpha value is -0.870. The van der Waals surface area contributed by atoms with Gasteiger partial charge >= 0.3 is 0 Å². The van der Waals surface area contributed by atoms with Crippen molar-refractivity contribution in [3.05, 3.63) is 17.5 Å². The summed E-state index contributed by atoms with van der Waals surface area (Å²) in [5, 5.41) is 4.41. The van der Waals surface area contributed by atoms with Crippen molar-refractivity contribution in [3.63, 3.8) is 0 Å². The van der Waals surface area contributed by atoms with Crippen LogP contribution in [0.15, 0.2) is 6.20 Å². The van der Waals surface area contributed by atoms with Gasteiger partial charge in [0.05, 0.1) is 5.69 Å². The monoisotopic (exact) mass is 236 g/mol. The van der Waals surface area contributed by atoms with E-state index in [1.54, 1.807) is 0 Å². The number of hydrogen-bond acceptors (Lipinski definition) is 3. The summed E-state index contributed by atoms with van der Waals surface area (Å²) in [5.41, 5.74) is 8.36. The molecule has 0 spiro atoms. The van der Waals surface area contributed by atoms with Gasteiger partial charge in [0.1, 0.15) is 0 Å². The van der Waals surface area contributed by atoms with E-state index in [-0.39, 0.29) is 0 Å². The molecule has 4 heteroatoms. The Kier molecular flexibility index (Phi) is 3.84. The van der Waals surface area contributed by atoms with Crippen molar-refractivity contribution in [2.75, 3.05) is 6.54 Å². The first kappa shape index (κ1) is 12.6. The molecule has 1 aromatic rings. The van der Waals surface area contributed by atoms with Crippen LogP contribution in [0.1, 0.15) is 37.4 Å². The maximum atomic E-state index is 5.89. The maximum absolute atomic E-state index is 5.89. The molecular formula is C13H24N4. The number of aryl methyl sites for hydroxylation is 2. The Balaban J connectivity index is 2.12. The first-order chi connectivity index (χ1) is 8.11. The van der Waals surface area contributed by atoms with Gasteiger partial charge in [0.25, 0.3) is 0 Å². The van der Waals surface area contributed by atoms with Gasteiger partial charge in [0, 0.05) is 44.0 Å². The Morgan fingerprint density at radius 2 is 2.24 bits per heavy atom. The lowest BCUT2D eigenvalue weighted by Crippen LogP contribution is -2.48. The lowest BCUT2D eigenvalue weighted by molar-refractivity contribution is 0.0890. The van der Waals surface area contributed by atoms with Crippen molar-refractivity contribution in [3.8, 4) is 0 Å². The smallest absolute Gasteiger partial charge is 0.0638 e. The van der Waals surface area contributed by atoms with E-state index in [1.165, 1.54) is 24.8 Å². The summed E-state index contributed by atoms with van der Waals surface area (Å²) in [7, 11) is 1.98. The predicted molar refractivity (Wildman–Crippen MR) is 69.6 cm³/mol. The topological polar surface area (TPSA) is 47.1 Å². The molecule has 0 radical (unpaired) electrons. The lowest BCUT2D eigenvalue weighted by atomic mass is 9.96. The fraction of sp³-hybridized carbons (Fsp3) is 0.769. The van der Waals surface area contributed by atoms with Crippen LogP contribution in [0.2, 0.25) is 0 Å². The molecule has 0 saturated carbocycles. The normalized spacial score (nSPS) is 26.4. The minimum absolute atomic E-state index is 0.540. The summed E-state index contributed by atoms with van der Waals surface area (Å²) in [6.07, 6.45) is 5.96. The van der Waals surface area contributed by atoms with E-state index < -0.39 is 0 Å². The molecule has 1 saturated heterocycles. The third-order valence-corrected chi connectivity index (χ3v) is 3.93. The van der Waals surface area contributed by atoms with Crippen LogP contribution >= 0.6 is 0 Å². The van der Waals surface area contributed by atoms with Gasteiger partial charge in [-0.1, -0.05) is 6.42 Å². The highest BCUT2D eigenvalue weighted by molar-refractivity contribution is 5.15. The van der Waals surface area contributed by atoms with Crippen LogP contribution in [0.5, 0.6) is 0 Å². The van der Waals surface area contributed by atoms with Crippen LogP contribution in [-0.4, -0.2) is 33.3 Å². The largest absolute Gasteiger partial charge is 0.329 e. The van der Waals surface area contributed by atoms with E-state index in [0.29, 0.717) is 12.1 Å². The molecule has 2 unspecified atom stereocenters. The molecule has 2 heterocycles. The average Bonchev–Trinajstić information content (AvgIpc) is 2.60. The molecule has 2 rings (SSSR count). The van der Waals surface area contributed by atoms with Crippen LogP contribution in [0, 0.1) is 6.92 Å². The molecule has 0 amide bonds. The molecule has 1 aromatic heterocycles. The van der Waals surface area contributed by atoms with Crippen LogP contribution in [0.25, 0.3) is 0 Å². The van der Waals surface area contributed by atoms with Gasteiger partial charge in [-0.15, -0.1) is 0 Å². The van der Waals surface area contributed by atoms with E-state index in [9.17, 15) is 0 Å². The van der Waals surface area contributed by atoms with Gasteiger partial charge in [0.2, 0.25) is 0 Å². The van der Waals surface area contributed by atoms with Gasteiger partial charge in [-0.25, -0.2) is 0 Å². The zero-order chi connectivity index (χ0) is 12.4. The van der Waals surface area contributed by atoms with Gasteiger partial charge in [0.15, 0.2) is 0 Å². The highest BCUT2D eigenvalue weighted by Gasteiger charge is 2.27. The molecule has 0 aliphatic carbocycles. The summed E-state index contributed by atoms with van der Waals surface area (Å²) in [5.74, 6) is 0. The Morgan fingerprint density at radius 3 is 2.82 bits per heavy atom. The van der Waals surface area contributed by atoms with Crippen molar-refractivity contribution >= 4 is 0 Å². The molecule has 1 aliphatic heterocycles. The molecule has 1 aliphatic rings. The van der Waals surface area contributed by atoms with E-state index in [4.69, 9.17) is 5.73 Å². The summed E-state index contributed by atoms with van der Waals surface area (Å²) in [6.45, 7) is 6.15. The van der Waals surface area contributed by atoms with Crippen molar-refractivity contribution in [1.29, 1.82) is 0 Å². The Labute approximate surface area is 104 Å². The fourth-order valence-electron chi connectivity index (χ4n) is 2.88. The van der Waals surface area contributed by atoms with Crippen LogP contribution in [-0.2, 0) is 13.6 Å². The Morgan fingerprint density at radius 1 is 1.47 bits per heavy atom. The van der Waals surface area contributed by atoms with E-state index in [2.05, 4.69) is 30.0 Å². The number of rotatable bonds is 3. The number of hydrogen-bond donors (Lipinski definition) is 1. The highest BCUT2D eigenvalue weighted by Crippen LogP contribution is 2.24. The SMILES string of the molecule is Cc1nn(C)cc1CN1C(C)CCCC1CN. The number of aromatic nitrogens is 2. The molecular weight excluding hydrogens is 212 g/mol. The molecule has 1 fully saturated rings. The Bertz CT molecular complexity index is 371. The fourth-order valence-corrected chi connectivity index (χ4v) is 2.88. The van der Waals surface area contributed by atoms with E-state index >= 15 is 0 Å². The maximum Gasteiger partial charge on any atom is 0.0638 e. The molecule has 0 aromatic carbocycles. The molecule has 96 valence electrons. The van der Waals surface area contributed by atoms with Gasteiger partial charge < -0.3 is 5.73 Å². The zero-order valence-corrected chi connectivity index (χ0v) is 11.2. The molecule has 2 N–H and O–H groups in total. The molecule has 0 bridgehead atoms. The first-order valence-electron chi connectivity index (χ1n) is 6.56. The van der Waals surface area contributed by atoms with Crippen LogP contribution in [0.4, 0.5) is 0 Å². The quantitative estimate of drug-likeness (QED) is 0.863. The summed E-state index contributed by atoms with van der Waals surface area (Å²) >= 11 is 0. The van der Waals surface area contributed by atoms with Gasteiger partial charge in [-0.05, 0) is 26.7 Å². The number of nitrogens with two attached hydrogens (primary N) is 1. The van der Waals surface area contributed by atoms with Crippen molar-refractivity contribution in [2.45, 2.75) is 51.7 Å². The van der Waals surface area contributed by atoms with E-state index in [0.717, 1.165) is 18.8 Å². The summed E-state index contributed by atoms with van der Waals surface area (Å²) < 4.78 is 1.90. The standard InChI is InChI=1S/C13H24N4/c1-10-5-4-6-13(7-14)17(10)9-12-8-16(3)15-11(12)2/h8,10,13H,4-7,9,14H2,1-3H3. The van der Waals surface area contributed by atoms with Crippen LogP contribution in [0.3, 0.4) is 0 Å². The van der Waals surface area contributed by atoms with Crippen LogP contribution < -0.4 is 5.73 Å². The second-order valence-corrected chi connectivity index (χ2v) is 5.26. The first-order valence-corrected chi connectivity index (χ1v) is 6.56. The molecule has 2 atom stereocenters. The summed E-state index contributed by atoms with van der Waals surface area (Å²) in [6, 6.07) is 1.18. The number of piperidine rings is 1. The molecule has 17 heavy (non-hydrogen) atoms. The van der Waals surface area contributed by atoms with Crippen molar-refractivity contribution in [1.82, 2.24) is 14.7 Å². The zero-order valence-electron chi connectivity index (χ0n) is 11.2. The second-order valence-electron chi connectivity index (χ2n) is 5.26. The lowest BCUT2D eigenvalue weighted by Gasteiger charge is -2.40. The van der Waals surface area contributed by atoms with Crippen molar-refractivity contribution < 1.29 is 0 Å². The minimum Gasteiger partial charge on any atom is -0.329 e. The van der Waals surface area contributed by atoms with Gasteiger partial charge in [-0.3, -0.25) is 9.58 Å². The average molecular weight is 236 g/mol. The number of nitrogens with zero attached hydrogens (tertiary/aromatic N) is 3. The third kappa shape index (κ3) is 2.69. The summed E-state index contributed by atoms with van der Waals surface area (Å²) in [4.78, 5) is 2.55. The highest BCUT2D eigenvalue weighted by atomic mass is 15.3.